The first-order chi connectivity index (χ1) is 9.78. The third kappa shape index (κ3) is 4.16. The predicted molar refractivity (Wildman–Crippen MR) is 84.9 cm³/mol. The van der Waals surface area contributed by atoms with Crippen LogP contribution in [0.3, 0.4) is 0 Å². The number of carboxylic acid groups (broad SMARTS) is 1. The molecular formula is C13H14INO5S. The summed E-state index contributed by atoms with van der Waals surface area (Å²) in [5, 5.41) is 8.92. The van der Waals surface area contributed by atoms with Gasteiger partial charge in [-0.3, -0.25) is 9.59 Å². The number of benzene rings is 1. The van der Waals surface area contributed by atoms with Crippen LogP contribution in [0.5, 0.6) is 0 Å². The van der Waals surface area contributed by atoms with Crippen molar-refractivity contribution in [1.29, 1.82) is 0 Å². The Bertz CT molecular complexity index is 673. The van der Waals surface area contributed by atoms with Crippen molar-refractivity contribution < 1.29 is 23.1 Å². The van der Waals surface area contributed by atoms with Crippen molar-refractivity contribution in [1.82, 2.24) is 4.90 Å². The molecule has 0 saturated carbocycles. The van der Waals surface area contributed by atoms with E-state index < -0.39 is 21.8 Å². The molecule has 2 rings (SSSR count). The van der Waals surface area contributed by atoms with Gasteiger partial charge in [0.25, 0.3) is 5.91 Å². The lowest BCUT2D eigenvalue weighted by Crippen LogP contribution is -2.52. The van der Waals surface area contributed by atoms with Gasteiger partial charge in [-0.15, -0.1) is 0 Å². The molecule has 0 bridgehead atoms. The molecule has 0 aromatic heterocycles. The van der Waals surface area contributed by atoms with Gasteiger partial charge in [0.2, 0.25) is 0 Å². The Kier molecular flexibility index (Phi) is 4.87. The highest BCUT2D eigenvalue weighted by Gasteiger charge is 2.35. The van der Waals surface area contributed by atoms with Crippen LogP contribution in [-0.4, -0.2) is 54.4 Å². The zero-order chi connectivity index (χ0) is 15.6. The van der Waals surface area contributed by atoms with Crippen LogP contribution in [0, 0.1) is 3.57 Å². The number of hydrogen-bond donors (Lipinski definition) is 1. The first-order valence-electron chi connectivity index (χ1n) is 6.27. The molecule has 0 spiro atoms. The summed E-state index contributed by atoms with van der Waals surface area (Å²) < 4.78 is 24.2. The number of rotatable bonds is 3. The van der Waals surface area contributed by atoms with E-state index in [0.717, 1.165) is 3.57 Å². The molecule has 1 heterocycles. The van der Waals surface area contributed by atoms with E-state index in [9.17, 15) is 18.0 Å². The molecule has 1 atom stereocenters. The quantitative estimate of drug-likeness (QED) is 0.733. The molecule has 0 radical (unpaired) electrons. The summed E-state index contributed by atoms with van der Waals surface area (Å²) in [6, 6.07) is 6.11. The summed E-state index contributed by atoms with van der Waals surface area (Å²) in [5.74, 6) is -1.86. The van der Waals surface area contributed by atoms with Crippen LogP contribution in [-0.2, 0) is 14.6 Å². The Morgan fingerprint density at radius 3 is 2.71 bits per heavy atom. The maximum Gasteiger partial charge on any atom is 0.305 e. The number of carboxylic acids is 1. The van der Waals surface area contributed by atoms with Gasteiger partial charge >= 0.3 is 5.97 Å². The van der Waals surface area contributed by atoms with Gasteiger partial charge in [-0.1, -0.05) is 6.07 Å². The van der Waals surface area contributed by atoms with Crippen LogP contribution in [0.25, 0.3) is 0 Å². The molecule has 1 fully saturated rings. The highest BCUT2D eigenvalue weighted by molar-refractivity contribution is 14.1. The summed E-state index contributed by atoms with van der Waals surface area (Å²) >= 11 is 2.08. The second-order valence-electron chi connectivity index (χ2n) is 4.87. The molecule has 8 heteroatoms. The van der Waals surface area contributed by atoms with Crippen molar-refractivity contribution in [3.63, 3.8) is 0 Å². The Morgan fingerprint density at radius 1 is 1.38 bits per heavy atom. The maximum absolute atomic E-state index is 12.5. The first-order valence-corrected chi connectivity index (χ1v) is 9.17. The number of carbonyl (C=O) groups is 2. The van der Waals surface area contributed by atoms with Crippen LogP contribution in [0.2, 0.25) is 0 Å². The summed E-state index contributed by atoms with van der Waals surface area (Å²) in [6.07, 6.45) is -0.366. The molecule has 6 nitrogen and oxygen atoms in total. The van der Waals surface area contributed by atoms with Crippen molar-refractivity contribution in [2.75, 3.05) is 18.1 Å². The number of sulfone groups is 1. The molecule has 1 aliphatic rings. The minimum atomic E-state index is -3.29. The van der Waals surface area contributed by atoms with Crippen molar-refractivity contribution >= 4 is 44.3 Å². The van der Waals surface area contributed by atoms with Crippen LogP contribution >= 0.6 is 22.6 Å². The SMILES string of the molecule is O=C(O)CC1CS(=O)(=O)CCN1C(=O)c1cccc(I)c1. The minimum absolute atomic E-state index is 0.0323. The van der Waals surface area contributed by atoms with E-state index >= 15 is 0 Å². The Morgan fingerprint density at radius 2 is 2.10 bits per heavy atom. The van der Waals surface area contributed by atoms with Gasteiger partial charge in [0, 0.05) is 15.7 Å². The number of aliphatic carboxylic acids is 1. The lowest BCUT2D eigenvalue weighted by molar-refractivity contribution is -0.138. The van der Waals surface area contributed by atoms with Gasteiger partial charge in [0.15, 0.2) is 9.84 Å². The highest BCUT2D eigenvalue weighted by Crippen LogP contribution is 2.19. The molecule has 1 N–H and O–H groups in total. The third-order valence-electron chi connectivity index (χ3n) is 3.27. The van der Waals surface area contributed by atoms with E-state index in [4.69, 9.17) is 5.11 Å². The third-order valence-corrected chi connectivity index (χ3v) is 5.64. The van der Waals surface area contributed by atoms with Crippen LogP contribution in [0.15, 0.2) is 24.3 Å². The second kappa shape index (κ2) is 6.30. The van der Waals surface area contributed by atoms with Gasteiger partial charge in [-0.2, -0.15) is 0 Å². The first kappa shape index (κ1) is 16.2. The summed E-state index contributed by atoms with van der Waals surface area (Å²) in [7, 11) is -3.29. The fourth-order valence-corrected chi connectivity index (χ4v) is 4.38. The lowest BCUT2D eigenvalue weighted by Gasteiger charge is -2.34. The molecule has 1 aromatic carbocycles. The monoisotopic (exact) mass is 423 g/mol. The van der Waals surface area contributed by atoms with Crippen LogP contribution in [0.1, 0.15) is 16.8 Å². The van der Waals surface area contributed by atoms with E-state index in [2.05, 4.69) is 22.6 Å². The Hall–Kier alpha value is -1.16. The molecule has 0 aliphatic carbocycles. The van der Waals surface area contributed by atoms with Crippen molar-refractivity contribution in [2.24, 2.45) is 0 Å². The number of hydrogen-bond acceptors (Lipinski definition) is 4. The van der Waals surface area contributed by atoms with Gasteiger partial charge in [0.1, 0.15) is 0 Å². The Labute approximate surface area is 136 Å². The topological polar surface area (TPSA) is 91.8 Å². The summed E-state index contributed by atoms with van der Waals surface area (Å²) in [5.41, 5.74) is 0.441. The Balaban J connectivity index is 2.27. The molecule has 114 valence electrons. The molecular weight excluding hydrogens is 409 g/mol. The van der Waals surface area contributed by atoms with E-state index in [-0.39, 0.29) is 30.4 Å². The van der Waals surface area contributed by atoms with E-state index in [0.29, 0.717) is 5.56 Å². The van der Waals surface area contributed by atoms with Crippen LogP contribution in [0.4, 0.5) is 0 Å². The van der Waals surface area contributed by atoms with Gasteiger partial charge in [-0.25, -0.2) is 8.42 Å². The highest BCUT2D eigenvalue weighted by atomic mass is 127. The second-order valence-corrected chi connectivity index (χ2v) is 8.35. The van der Waals surface area contributed by atoms with Crippen molar-refractivity contribution in [2.45, 2.75) is 12.5 Å². The number of carbonyl (C=O) groups excluding carboxylic acids is 1. The van der Waals surface area contributed by atoms with E-state index in [1.807, 2.05) is 6.07 Å². The smallest absolute Gasteiger partial charge is 0.305 e. The van der Waals surface area contributed by atoms with E-state index in [1.165, 1.54) is 4.90 Å². The van der Waals surface area contributed by atoms with Crippen molar-refractivity contribution in [3.05, 3.63) is 33.4 Å². The fourth-order valence-electron chi connectivity index (χ4n) is 2.31. The fraction of sp³-hybridized carbons (Fsp3) is 0.385. The number of halogens is 1. The molecule has 21 heavy (non-hydrogen) atoms. The molecule has 1 aromatic rings. The lowest BCUT2D eigenvalue weighted by atomic mass is 10.1. The summed E-state index contributed by atoms with van der Waals surface area (Å²) in [6.45, 7) is 0.0323. The minimum Gasteiger partial charge on any atom is -0.481 e. The average molecular weight is 423 g/mol. The predicted octanol–water partition coefficient (Wildman–Crippen LogP) is 1.01. The van der Waals surface area contributed by atoms with Gasteiger partial charge in [0.05, 0.1) is 24.0 Å². The zero-order valence-corrected chi connectivity index (χ0v) is 14.0. The molecule has 1 aliphatic heterocycles. The zero-order valence-electron chi connectivity index (χ0n) is 11.0. The van der Waals surface area contributed by atoms with Crippen LogP contribution < -0.4 is 0 Å². The number of amides is 1. The van der Waals surface area contributed by atoms with Gasteiger partial charge in [-0.05, 0) is 40.8 Å². The maximum atomic E-state index is 12.5. The normalized spacial score (nSPS) is 21.0. The molecule has 1 unspecified atom stereocenters. The van der Waals surface area contributed by atoms with Gasteiger partial charge < -0.3 is 10.0 Å². The summed E-state index contributed by atoms with van der Waals surface area (Å²) in [4.78, 5) is 24.8. The average Bonchev–Trinajstić information content (AvgIpc) is 2.36. The van der Waals surface area contributed by atoms with E-state index in [1.54, 1.807) is 18.2 Å². The molecule has 1 amide bonds. The largest absolute Gasteiger partial charge is 0.481 e. The number of nitrogens with zero attached hydrogens (tertiary/aromatic N) is 1. The standard InChI is InChI=1S/C13H14INO5S/c14-10-3-1-2-9(6-10)13(18)15-4-5-21(19,20)8-11(15)7-12(16)17/h1-3,6,11H,4-5,7-8H2,(H,16,17). The molecule has 1 saturated heterocycles. The van der Waals surface area contributed by atoms with Crippen molar-refractivity contribution in [3.8, 4) is 0 Å².